The molecule has 0 aromatic rings. The van der Waals surface area contributed by atoms with E-state index in [4.69, 9.17) is 21.7 Å². The van der Waals surface area contributed by atoms with Crippen LogP contribution < -0.4 is 11.5 Å². The molecule has 1 unspecified atom stereocenters. The fourth-order valence-corrected chi connectivity index (χ4v) is 1.27. The van der Waals surface area contributed by atoms with E-state index in [-0.39, 0.29) is 18.7 Å². The van der Waals surface area contributed by atoms with E-state index in [2.05, 4.69) is 0 Å². The lowest BCUT2D eigenvalue weighted by Crippen LogP contribution is -2.31. The highest BCUT2D eigenvalue weighted by Crippen LogP contribution is 2.08. The standard InChI is InChI=1S/C5H10N2O3.C5H7NO3/c6-3(5(9)10)1-2-4(7)8;7-4-2-1-3-6(4)5(8)9/h3H,1-2,6H2,(H2,7,8)(H,9,10);1-3H2,(H,8,9). The molecule has 0 saturated carbocycles. The number of carboxylic acid groups (broad SMARTS) is 2. The topological polar surface area (TPSA) is 164 Å². The molecular weight excluding hydrogens is 258 g/mol. The van der Waals surface area contributed by atoms with Crippen LogP contribution in [0.3, 0.4) is 0 Å². The van der Waals surface area contributed by atoms with Gasteiger partial charge in [0, 0.05) is 19.4 Å². The predicted octanol–water partition coefficient (Wildman–Crippen LogP) is -1.05. The summed E-state index contributed by atoms with van der Waals surface area (Å²) in [4.78, 5) is 41.7. The van der Waals surface area contributed by atoms with E-state index in [1.807, 2.05) is 0 Å². The lowest BCUT2D eigenvalue weighted by molar-refractivity contribution is -0.138. The van der Waals surface area contributed by atoms with Gasteiger partial charge in [0.25, 0.3) is 0 Å². The van der Waals surface area contributed by atoms with E-state index in [0.29, 0.717) is 19.4 Å². The Balaban J connectivity index is 0.000000342. The first kappa shape index (κ1) is 16.8. The number of imide groups is 1. The number of nitrogens with two attached hydrogens (primary N) is 2. The minimum Gasteiger partial charge on any atom is -0.480 e. The Bertz CT molecular complexity index is 370. The van der Waals surface area contributed by atoms with E-state index in [1.54, 1.807) is 0 Å². The molecular formula is C10H17N3O6. The third-order valence-electron chi connectivity index (χ3n) is 2.32. The Morgan fingerprint density at radius 3 is 2.16 bits per heavy atom. The summed E-state index contributed by atoms with van der Waals surface area (Å²) in [5.41, 5.74) is 9.81. The lowest BCUT2D eigenvalue weighted by atomic mass is 10.2. The van der Waals surface area contributed by atoms with Gasteiger partial charge >= 0.3 is 12.1 Å². The van der Waals surface area contributed by atoms with E-state index < -0.39 is 24.0 Å². The van der Waals surface area contributed by atoms with Crippen molar-refractivity contribution in [2.45, 2.75) is 31.7 Å². The van der Waals surface area contributed by atoms with E-state index >= 15 is 0 Å². The number of likely N-dealkylation sites (tertiary alicyclic amines) is 1. The molecule has 6 N–H and O–H groups in total. The largest absolute Gasteiger partial charge is 0.480 e. The third kappa shape index (κ3) is 6.99. The number of rotatable bonds is 4. The molecule has 0 bridgehead atoms. The van der Waals surface area contributed by atoms with Gasteiger partial charge in [0.1, 0.15) is 6.04 Å². The van der Waals surface area contributed by atoms with Crippen molar-refractivity contribution >= 4 is 23.9 Å². The molecule has 1 rings (SSSR count). The Labute approximate surface area is 109 Å². The summed E-state index contributed by atoms with van der Waals surface area (Å²) in [7, 11) is 0. The molecule has 0 spiro atoms. The van der Waals surface area contributed by atoms with Gasteiger partial charge in [-0.05, 0) is 12.8 Å². The zero-order valence-corrected chi connectivity index (χ0v) is 10.2. The summed E-state index contributed by atoms with van der Waals surface area (Å²) < 4.78 is 0. The normalized spacial score (nSPS) is 15.4. The first-order valence-corrected chi connectivity index (χ1v) is 5.55. The number of hydrogen-bond donors (Lipinski definition) is 4. The fourth-order valence-electron chi connectivity index (χ4n) is 1.27. The molecule has 1 heterocycles. The van der Waals surface area contributed by atoms with Crippen molar-refractivity contribution in [2.24, 2.45) is 11.5 Å². The van der Waals surface area contributed by atoms with Crippen LogP contribution in [0.5, 0.6) is 0 Å². The van der Waals surface area contributed by atoms with Gasteiger partial charge < -0.3 is 21.7 Å². The summed E-state index contributed by atoms with van der Waals surface area (Å²) in [5.74, 6) is -1.92. The maximum atomic E-state index is 10.6. The van der Waals surface area contributed by atoms with Crippen molar-refractivity contribution in [1.29, 1.82) is 0 Å². The van der Waals surface area contributed by atoms with Crippen molar-refractivity contribution < 1.29 is 29.4 Å². The number of nitrogens with zero attached hydrogens (tertiary/aromatic N) is 1. The maximum absolute atomic E-state index is 10.6. The Morgan fingerprint density at radius 2 is 1.89 bits per heavy atom. The van der Waals surface area contributed by atoms with Gasteiger partial charge in [0.05, 0.1) is 0 Å². The van der Waals surface area contributed by atoms with Gasteiger partial charge in [0.15, 0.2) is 0 Å². The van der Waals surface area contributed by atoms with Gasteiger partial charge in [-0.3, -0.25) is 14.4 Å². The zero-order valence-electron chi connectivity index (χ0n) is 10.2. The summed E-state index contributed by atoms with van der Waals surface area (Å²) >= 11 is 0. The fraction of sp³-hybridized carbons (Fsp3) is 0.600. The maximum Gasteiger partial charge on any atom is 0.414 e. The second kappa shape index (κ2) is 8.03. The van der Waals surface area contributed by atoms with E-state index in [9.17, 15) is 19.2 Å². The molecule has 1 aliphatic heterocycles. The molecule has 1 aliphatic rings. The molecule has 108 valence electrons. The minimum absolute atomic E-state index is 0.0213. The van der Waals surface area contributed by atoms with Crippen LogP contribution in [0.2, 0.25) is 0 Å². The van der Waals surface area contributed by atoms with Crippen molar-refractivity contribution in [3.8, 4) is 0 Å². The van der Waals surface area contributed by atoms with Gasteiger partial charge in [-0.1, -0.05) is 0 Å². The van der Waals surface area contributed by atoms with Gasteiger partial charge in [-0.25, -0.2) is 9.69 Å². The van der Waals surface area contributed by atoms with E-state index in [0.717, 1.165) is 4.90 Å². The van der Waals surface area contributed by atoms with Crippen LogP contribution in [0.25, 0.3) is 0 Å². The van der Waals surface area contributed by atoms with Crippen LogP contribution in [0.1, 0.15) is 25.7 Å². The quantitative estimate of drug-likeness (QED) is 0.508. The zero-order chi connectivity index (χ0) is 15.0. The lowest BCUT2D eigenvalue weighted by Gasteiger charge is -2.05. The number of carbonyl (C=O) groups excluding carboxylic acids is 2. The van der Waals surface area contributed by atoms with Crippen LogP contribution in [0.15, 0.2) is 0 Å². The molecule has 9 nitrogen and oxygen atoms in total. The highest BCUT2D eigenvalue weighted by atomic mass is 16.4. The smallest absolute Gasteiger partial charge is 0.414 e. The average molecular weight is 275 g/mol. The van der Waals surface area contributed by atoms with Crippen LogP contribution >= 0.6 is 0 Å². The molecule has 1 saturated heterocycles. The number of carboxylic acids is 1. The molecule has 3 amide bonds. The van der Waals surface area contributed by atoms with Gasteiger partial charge in [0.2, 0.25) is 11.8 Å². The summed E-state index contributed by atoms with van der Waals surface area (Å²) in [5, 5.41) is 16.5. The highest BCUT2D eigenvalue weighted by Gasteiger charge is 2.25. The van der Waals surface area contributed by atoms with Crippen molar-refractivity contribution in [2.75, 3.05) is 6.54 Å². The van der Waals surface area contributed by atoms with Crippen LogP contribution in [-0.4, -0.2) is 51.6 Å². The van der Waals surface area contributed by atoms with Crippen LogP contribution in [0, 0.1) is 0 Å². The summed E-state index contributed by atoms with van der Waals surface area (Å²) in [6, 6.07) is -0.979. The van der Waals surface area contributed by atoms with Crippen molar-refractivity contribution in [3.63, 3.8) is 0 Å². The first-order chi connectivity index (χ1) is 8.75. The minimum atomic E-state index is -1.13. The van der Waals surface area contributed by atoms with Crippen molar-refractivity contribution in [3.05, 3.63) is 0 Å². The van der Waals surface area contributed by atoms with Crippen LogP contribution in [0.4, 0.5) is 4.79 Å². The number of carbonyl (C=O) groups is 4. The summed E-state index contributed by atoms with van der Waals surface area (Å²) in [6.07, 6.45) is 0.0488. The molecule has 0 aliphatic carbocycles. The number of primary amides is 1. The van der Waals surface area contributed by atoms with Gasteiger partial charge in [-0.2, -0.15) is 0 Å². The Kier molecular flexibility index (Phi) is 7.12. The molecule has 9 heteroatoms. The Hall–Kier alpha value is -2.16. The second-order valence-corrected chi connectivity index (χ2v) is 3.88. The highest BCUT2D eigenvalue weighted by molar-refractivity contribution is 5.92. The molecule has 0 aromatic heterocycles. The second-order valence-electron chi connectivity index (χ2n) is 3.88. The van der Waals surface area contributed by atoms with Crippen LogP contribution in [-0.2, 0) is 14.4 Å². The van der Waals surface area contributed by atoms with Crippen molar-refractivity contribution in [1.82, 2.24) is 4.90 Å². The molecule has 0 radical (unpaired) electrons. The Morgan fingerprint density at radius 1 is 1.32 bits per heavy atom. The number of aliphatic carboxylic acids is 1. The third-order valence-corrected chi connectivity index (χ3v) is 2.32. The molecule has 1 fully saturated rings. The monoisotopic (exact) mass is 275 g/mol. The SMILES string of the molecule is NC(=O)CCC(N)C(=O)O.O=C(O)N1CCCC1=O. The predicted molar refractivity (Wildman–Crippen MR) is 63.0 cm³/mol. The first-order valence-electron chi connectivity index (χ1n) is 5.55. The summed E-state index contributed by atoms with van der Waals surface area (Å²) in [6.45, 7) is 0.369. The number of amides is 3. The molecule has 19 heavy (non-hydrogen) atoms. The van der Waals surface area contributed by atoms with Gasteiger partial charge in [-0.15, -0.1) is 0 Å². The average Bonchev–Trinajstić information content (AvgIpc) is 2.73. The number of hydrogen-bond acceptors (Lipinski definition) is 5. The molecule has 0 aromatic carbocycles. The van der Waals surface area contributed by atoms with E-state index in [1.165, 1.54) is 0 Å². The molecule has 1 atom stereocenters.